The Bertz CT molecular complexity index is 1250. The highest BCUT2D eigenvalue weighted by Gasteiger charge is 2.14. The molecule has 0 spiro atoms. The molecular formula is C36H48N2O4. The van der Waals surface area contributed by atoms with Crippen LogP contribution in [0.25, 0.3) is 10.8 Å². The summed E-state index contributed by atoms with van der Waals surface area (Å²) in [7, 11) is 0. The van der Waals surface area contributed by atoms with E-state index in [-0.39, 0.29) is 5.91 Å². The Kier molecular flexibility index (Phi) is 15.2. The van der Waals surface area contributed by atoms with Crippen LogP contribution in [0.3, 0.4) is 0 Å². The molecule has 0 saturated carbocycles. The van der Waals surface area contributed by atoms with E-state index in [0.717, 1.165) is 23.6 Å². The number of esters is 1. The molecule has 3 aromatic carbocycles. The zero-order valence-corrected chi connectivity index (χ0v) is 25.5. The molecule has 0 aliphatic heterocycles. The van der Waals surface area contributed by atoms with Gasteiger partial charge in [0.1, 0.15) is 11.5 Å². The zero-order chi connectivity index (χ0) is 29.8. The van der Waals surface area contributed by atoms with Crippen LogP contribution in [-0.4, -0.2) is 24.7 Å². The van der Waals surface area contributed by atoms with Gasteiger partial charge in [0.2, 0.25) is 5.91 Å². The minimum atomic E-state index is -0.477. The van der Waals surface area contributed by atoms with Crippen LogP contribution in [-0.2, 0) is 4.79 Å². The van der Waals surface area contributed by atoms with Gasteiger partial charge in [0.15, 0.2) is 0 Å². The van der Waals surface area contributed by atoms with Crippen molar-refractivity contribution in [2.45, 2.75) is 104 Å². The number of unbranched alkanes of at least 4 members (excludes halogenated alkanes) is 12. The van der Waals surface area contributed by atoms with Crippen LogP contribution in [0, 0.1) is 0 Å². The fraction of sp³-hybridized carbons (Fsp3) is 0.472. The van der Waals surface area contributed by atoms with Crippen molar-refractivity contribution in [1.82, 2.24) is 5.43 Å². The Morgan fingerprint density at radius 3 is 2.00 bits per heavy atom. The second kappa shape index (κ2) is 19.5. The number of carbonyl (C=O) groups is 2. The van der Waals surface area contributed by atoms with Crippen LogP contribution < -0.4 is 14.9 Å². The third-order valence-corrected chi connectivity index (χ3v) is 7.42. The first kappa shape index (κ1) is 32.8. The third-order valence-electron chi connectivity index (χ3n) is 7.42. The number of benzene rings is 3. The van der Waals surface area contributed by atoms with E-state index in [1.54, 1.807) is 36.5 Å². The number of rotatable bonds is 20. The lowest BCUT2D eigenvalue weighted by Crippen LogP contribution is -2.17. The van der Waals surface area contributed by atoms with Gasteiger partial charge in [-0.05, 0) is 54.4 Å². The van der Waals surface area contributed by atoms with Gasteiger partial charge in [-0.2, -0.15) is 5.10 Å². The number of hydrogen-bond donors (Lipinski definition) is 1. The lowest BCUT2D eigenvalue weighted by atomic mass is 10.0. The second-order valence-corrected chi connectivity index (χ2v) is 10.8. The highest BCUT2D eigenvalue weighted by molar-refractivity contribution is 6.04. The van der Waals surface area contributed by atoms with Crippen LogP contribution in [0.4, 0.5) is 0 Å². The van der Waals surface area contributed by atoms with Crippen molar-refractivity contribution in [2.75, 3.05) is 6.61 Å². The third kappa shape index (κ3) is 11.7. The lowest BCUT2D eigenvalue weighted by molar-refractivity contribution is -0.121. The maximum absolute atomic E-state index is 12.9. The number of hydrazone groups is 1. The van der Waals surface area contributed by atoms with E-state index in [0.29, 0.717) is 35.7 Å². The lowest BCUT2D eigenvalue weighted by Gasteiger charge is -2.11. The summed E-state index contributed by atoms with van der Waals surface area (Å²) >= 11 is 0. The second-order valence-electron chi connectivity index (χ2n) is 10.8. The highest BCUT2D eigenvalue weighted by Crippen LogP contribution is 2.28. The Balaban J connectivity index is 1.43. The van der Waals surface area contributed by atoms with E-state index in [4.69, 9.17) is 9.47 Å². The predicted octanol–water partition coefficient (Wildman–Crippen LogP) is 9.39. The molecule has 3 aromatic rings. The quantitative estimate of drug-likeness (QED) is 0.0481. The molecule has 0 aliphatic rings. The van der Waals surface area contributed by atoms with Gasteiger partial charge in [0.25, 0.3) is 0 Å². The minimum Gasteiger partial charge on any atom is -0.494 e. The van der Waals surface area contributed by atoms with E-state index in [1.807, 2.05) is 37.3 Å². The minimum absolute atomic E-state index is 0.109. The molecule has 0 aliphatic carbocycles. The van der Waals surface area contributed by atoms with Crippen molar-refractivity contribution in [3.63, 3.8) is 0 Å². The van der Waals surface area contributed by atoms with Gasteiger partial charge in [-0.15, -0.1) is 0 Å². The molecular weight excluding hydrogens is 524 g/mol. The number of hydrogen-bond acceptors (Lipinski definition) is 5. The molecule has 0 radical (unpaired) electrons. The number of carbonyl (C=O) groups excluding carboxylic acids is 2. The average Bonchev–Trinajstić information content (AvgIpc) is 3.01. The van der Waals surface area contributed by atoms with Crippen molar-refractivity contribution in [3.05, 3.63) is 71.8 Å². The molecule has 226 valence electrons. The molecule has 1 N–H and O–H groups in total. The maximum atomic E-state index is 12.9. The van der Waals surface area contributed by atoms with Crippen molar-refractivity contribution in [1.29, 1.82) is 0 Å². The normalized spacial score (nSPS) is 11.2. The molecule has 0 aromatic heterocycles. The van der Waals surface area contributed by atoms with Gasteiger partial charge >= 0.3 is 5.97 Å². The van der Waals surface area contributed by atoms with Gasteiger partial charge in [-0.3, -0.25) is 4.79 Å². The summed E-state index contributed by atoms with van der Waals surface area (Å²) in [5.74, 6) is 0.487. The molecule has 0 saturated heterocycles. The van der Waals surface area contributed by atoms with E-state index in [9.17, 15) is 9.59 Å². The molecule has 6 nitrogen and oxygen atoms in total. The van der Waals surface area contributed by atoms with Crippen molar-refractivity contribution >= 4 is 28.9 Å². The Morgan fingerprint density at radius 2 is 1.36 bits per heavy atom. The predicted molar refractivity (Wildman–Crippen MR) is 173 cm³/mol. The largest absolute Gasteiger partial charge is 0.494 e. The molecule has 6 heteroatoms. The summed E-state index contributed by atoms with van der Waals surface area (Å²) in [5, 5.41) is 6.08. The van der Waals surface area contributed by atoms with E-state index < -0.39 is 5.97 Å². The van der Waals surface area contributed by atoms with Crippen LogP contribution in [0.15, 0.2) is 65.8 Å². The van der Waals surface area contributed by atoms with Crippen LogP contribution in [0.1, 0.15) is 120 Å². The number of nitrogens with zero attached hydrogens (tertiary/aromatic N) is 1. The summed E-state index contributed by atoms with van der Waals surface area (Å²) in [4.78, 5) is 25.3. The Hall–Kier alpha value is -3.67. The zero-order valence-electron chi connectivity index (χ0n) is 25.5. The first-order chi connectivity index (χ1) is 20.6. The molecule has 0 bridgehead atoms. The number of nitrogens with one attached hydrogen (secondary N) is 1. The van der Waals surface area contributed by atoms with Crippen molar-refractivity contribution in [3.8, 4) is 11.5 Å². The molecule has 0 fully saturated rings. The Labute approximate surface area is 251 Å². The van der Waals surface area contributed by atoms with Crippen LogP contribution >= 0.6 is 0 Å². The number of fused-ring (bicyclic) bond motifs is 1. The summed E-state index contributed by atoms with van der Waals surface area (Å²) in [5.41, 5.74) is 3.70. The summed E-state index contributed by atoms with van der Waals surface area (Å²) in [6, 6.07) is 18.3. The first-order valence-electron chi connectivity index (χ1n) is 15.9. The van der Waals surface area contributed by atoms with Gasteiger partial charge in [-0.25, -0.2) is 10.2 Å². The van der Waals surface area contributed by atoms with Crippen molar-refractivity contribution < 1.29 is 19.1 Å². The van der Waals surface area contributed by atoms with Crippen LogP contribution in [0.5, 0.6) is 11.5 Å². The summed E-state index contributed by atoms with van der Waals surface area (Å²) in [6.45, 7) is 4.73. The van der Waals surface area contributed by atoms with Gasteiger partial charge in [0.05, 0.1) is 18.4 Å². The summed E-state index contributed by atoms with van der Waals surface area (Å²) < 4.78 is 11.2. The summed E-state index contributed by atoms with van der Waals surface area (Å²) in [6.07, 6.45) is 18.5. The molecule has 1 amide bonds. The van der Waals surface area contributed by atoms with Gasteiger partial charge in [0, 0.05) is 12.0 Å². The standard InChI is InChI=1S/C36H48N2O4/c1-3-5-6-7-8-9-10-11-12-13-14-15-16-21-35(39)38-37-28-33-32-20-18-17-19-29(32)24-27-34(33)42-36(40)30-22-25-31(26-23-30)41-4-2/h17-20,22-28H,3-16,21H2,1-2H3,(H,38,39)/b37-28+. The molecule has 0 unspecified atom stereocenters. The SMILES string of the molecule is CCCCCCCCCCCCCCCC(=O)N/N=C/c1c(OC(=O)c2ccc(OCC)cc2)ccc2ccccc12. The number of ether oxygens (including phenoxy) is 2. The van der Waals surface area contributed by atoms with Crippen molar-refractivity contribution in [2.24, 2.45) is 5.10 Å². The van der Waals surface area contributed by atoms with E-state index in [2.05, 4.69) is 17.5 Å². The fourth-order valence-electron chi connectivity index (χ4n) is 5.04. The first-order valence-corrected chi connectivity index (χ1v) is 15.9. The fourth-order valence-corrected chi connectivity index (χ4v) is 5.04. The maximum Gasteiger partial charge on any atom is 0.343 e. The average molecular weight is 573 g/mol. The van der Waals surface area contributed by atoms with E-state index >= 15 is 0 Å². The van der Waals surface area contributed by atoms with Crippen LogP contribution in [0.2, 0.25) is 0 Å². The highest BCUT2D eigenvalue weighted by atomic mass is 16.5. The number of amides is 1. The van der Waals surface area contributed by atoms with Gasteiger partial charge in [-0.1, -0.05) is 114 Å². The molecule has 3 rings (SSSR count). The molecule has 0 heterocycles. The smallest absolute Gasteiger partial charge is 0.343 e. The van der Waals surface area contributed by atoms with E-state index in [1.165, 1.54) is 70.6 Å². The van der Waals surface area contributed by atoms with Gasteiger partial charge < -0.3 is 9.47 Å². The molecule has 42 heavy (non-hydrogen) atoms. The Morgan fingerprint density at radius 1 is 0.738 bits per heavy atom. The monoisotopic (exact) mass is 572 g/mol. The topological polar surface area (TPSA) is 77.0 Å². The molecule has 0 atom stereocenters.